The number of benzene rings is 1. The number of carbonyl (C=O) groups is 1. The summed E-state index contributed by atoms with van der Waals surface area (Å²) in [6.07, 6.45) is 0. The molecule has 0 spiro atoms. The maximum absolute atomic E-state index is 13.5. The Hall–Kier alpha value is -2.72. The lowest BCUT2D eigenvalue weighted by molar-refractivity contribution is 0.0985. The van der Waals surface area contributed by atoms with Crippen molar-refractivity contribution < 1.29 is 17.9 Å². The van der Waals surface area contributed by atoms with Crippen molar-refractivity contribution in [2.45, 2.75) is 64.0 Å². The van der Waals surface area contributed by atoms with E-state index < -0.39 is 19.3 Å². The number of ether oxygens (including phenoxy) is 1. The first-order valence-electron chi connectivity index (χ1n) is 11.9. The third kappa shape index (κ3) is 5.59. The van der Waals surface area contributed by atoms with Crippen LogP contribution in [0.5, 0.6) is 0 Å². The van der Waals surface area contributed by atoms with Crippen LogP contribution in [0, 0.1) is 0 Å². The number of carbonyl (C=O) groups excluding carboxylic acids is 1. The molecule has 0 aliphatic carbocycles. The van der Waals surface area contributed by atoms with E-state index in [1.807, 2.05) is 19.1 Å². The molecule has 0 radical (unpaired) electrons. The van der Waals surface area contributed by atoms with Crippen LogP contribution in [-0.2, 0) is 19.3 Å². The average molecular weight is 504 g/mol. The molecule has 1 aromatic heterocycles. The molecule has 1 fully saturated rings. The molecule has 1 aliphatic rings. The molecular weight excluding hydrogens is 466 g/mol. The van der Waals surface area contributed by atoms with Crippen molar-refractivity contribution >= 4 is 27.4 Å². The van der Waals surface area contributed by atoms with Gasteiger partial charge in [-0.15, -0.1) is 0 Å². The van der Waals surface area contributed by atoms with Gasteiger partial charge in [-0.25, -0.2) is 23.2 Å². The van der Waals surface area contributed by atoms with Gasteiger partial charge in [-0.05, 0) is 72.7 Å². The summed E-state index contributed by atoms with van der Waals surface area (Å²) >= 11 is 0. The fourth-order valence-electron chi connectivity index (χ4n) is 4.03. The molecule has 1 aliphatic heterocycles. The monoisotopic (exact) mass is 503 g/mol. The maximum Gasteiger partial charge on any atom is 0.319 e. The van der Waals surface area contributed by atoms with Crippen LogP contribution in [0.4, 0.5) is 16.3 Å². The molecule has 35 heavy (non-hydrogen) atoms. The topological polar surface area (TPSA) is 114 Å². The van der Waals surface area contributed by atoms with Gasteiger partial charge >= 0.3 is 6.03 Å². The number of aromatic nitrogens is 2. The van der Waals surface area contributed by atoms with Gasteiger partial charge in [0.25, 0.3) is 0 Å². The molecule has 2 amide bonds. The number of rotatable bonds is 6. The van der Waals surface area contributed by atoms with Gasteiger partial charge in [0, 0.05) is 30.4 Å². The van der Waals surface area contributed by atoms with Gasteiger partial charge in [-0.2, -0.15) is 0 Å². The first-order valence-corrected chi connectivity index (χ1v) is 13.4. The molecule has 10 heteroatoms. The second-order valence-corrected chi connectivity index (χ2v) is 13.5. The molecule has 0 saturated carbocycles. The number of urea groups is 1. The van der Waals surface area contributed by atoms with E-state index in [4.69, 9.17) is 14.7 Å². The van der Waals surface area contributed by atoms with E-state index in [9.17, 15) is 13.2 Å². The van der Waals surface area contributed by atoms with E-state index in [1.165, 1.54) is 0 Å². The van der Waals surface area contributed by atoms with E-state index in [2.05, 4.69) is 22.5 Å². The molecule has 1 atom stereocenters. The van der Waals surface area contributed by atoms with E-state index in [-0.39, 0.29) is 12.1 Å². The van der Waals surface area contributed by atoms with Crippen molar-refractivity contribution in [2.75, 3.05) is 36.5 Å². The zero-order valence-electron chi connectivity index (χ0n) is 21.7. The largest absolute Gasteiger partial charge is 0.377 e. The van der Waals surface area contributed by atoms with Gasteiger partial charge < -0.3 is 20.3 Å². The van der Waals surface area contributed by atoms with Crippen molar-refractivity contribution in [3.8, 4) is 11.4 Å². The first-order chi connectivity index (χ1) is 16.3. The number of amides is 2. The summed E-state index contributed by atoms with van der Waals surface area (Å²) in [5, 5.41) is 5.46. The predicted octanol–water partition coefficient (Wildman–Crippen LogP) is 3.96. The number of morpholine rings is 1. The van der Waals surface area contributed by atoms with Crippen molar-refractivity contribution in [1.29, 1.82) is 0 Å². The molecular formula is C25H37N5O4S. The average Bonchev–Trinajstić information content (AvgIpc) is 2.79. The normalized spacial score (nSPS) is 17.2. The van der Waals surface area contributed by atoms with E-state index in [0.717, 1.165) is 5.56 Å². The van der Waals surface area contributed by atoms with Crippen LogP contribution in [0.25, 0.3) is 11.4 Å². The minimum Gasteiger partial charge on any atom is -0.377 e. The summed E-state index contributed by atoms with van der Waals surface area (Å²) in [5.74, 6) is 1.10. The van der Waals surface area contributed by atoms with Gasteiger partial charge in [0.1, 0.15) is 10.6 Å². The van der Waals surface area contributed by atoms with Gasteiger partial charge in [0.2, 0.25) is 0 Å². The van der Waals surface area contributed by atoms with E-state index in [1.54, 1.807) is 52.8 Å². The van der Waals surface area contributed by atoms with Crippen LogP contribution in [0.15, 0.2) is 30.3 Å². The fraction of sp³-hybridized carbons (Fsp3) is 0.560. The van der Waals surface area contributed by atoms with Crippen LogP contribution in [-0.4, -0.2) is 61.5 Å². The number of nitrogens with zero attached hydrogens (tertiary/aromatic N) is 3. The Morgan fingerprint density at radius 2 is 1.80 bits per heavy atom. The van der Waals surface area contributed by atoms with Crippen LogP contribution in [0.3, 0.4) is 0 Å². The molecule has 1 aromatic carbocycles. The highest BCUT2D eigenvalue weighted by Crippen LogP contribution is 2.38. The zero-order valence-corrected chi connectivity index (χ0v) is 22.5. The lowest BCUT2D eigenvalue weighted by atomic mass is 10.1. The first kappa shape index (κ1) is 26.9. The van der Waals surface area contributed by atoms with Gasteiger partial charge in [-0.1, -0.05) is 0 Å². The third-order valence-electron chi connectivity index (χ3n) is 6.21. The maximum atomic E-state index is 13.5. The zero-order chi connectivity index (χ0) is 26.0. The van der Waals surface area contributed by atoms with E-state index in [0.29, 0.717) is 49.3 Å². The van der Waals surface area contributed by atoms with Crippen LogP contribution in [0.1, 0.15) is 54.2 Å². The number of nitrogens with one attached hydrogen (secondary N) is 2. The lowest BCUT2D eigenvalue weighted by Gasteiger charge is -2.36. The Labute approximate surface area is 208 Å². The Kier molecular flexibility index (Phi) is 7.76. The smallest absolute Gasteiger partial charge is 0.319 e. The molecule has 9 nitrogen and oxygen atoms in total. The number of sulfone groups is 1. The molecule has 0 bridgehead atoms. The highest BCUT2D eigenvalue weighted by atomic mass is 32.2. The van der Waals surface area contributed by atoms with Crippen LogP contribution < -0.4 is 15.5 Å². The summed E-state index contributed by atoms with van der Waals surface area (Å²) in [6, 6.07) is 8.78. The van der Waals surface area contributed by atoms with E-state index >= 15 is 0 Å². The fourth-order valence-corrected chi connectivity index (χ4v) is 5.94. The van der Waals surface area contributed by atoms with Crippen molar-refractivity contribution in [3.05, 3.63) is 36.0 Å². The molecule has 2 aromatic rings. The highest BCUT2D eigenvalue weighted by molar-refractivity contribution is 7.93. The lowest BCUT2D eigenvalue weighted by Crippen LogP contribution is -2.45. The number of hydrogen-bond donors (Lipinski definition) is 2. The summed E-state index contributed by atoms with van der Waals surface area (Å²) in [7, 11) is -3.60. The van der Waals surface area contributed by atoms with Gasteiger partial charge in [0.05, 0.1) is 29.7 Å². The second-order valence-electron chi connectivity index (χ2n) is 10.2. The standard InChI is InChI=1S/C25H37N5O4S/c1-8-26-23(31)27-19-11-9-18(10-12-19)22-28-20(25(6,7)35(32,33)24(3,4)5)15-21(29-22)30-13-14-34-16-17(30)2/h9-12,15,17H,8,13-14,16H2,1-7H3,(H2,26,27,31)/t17-/m0/s1. The summed E-state index contributed by atoms with van der Waals surface area (Å²) < 4.78 is 30.5. The molecule has 1 saturated heterocycles. The van der Waals surface area contributed by atoms with Crippen molar-refractivity contribution in [2.24, 2.45) is 0 Å². The molecule has 192 valence electrons. The molecule has 0 unspecified atom stereocenters. The summed E-state index contributed by atoms with van der Waals surface area (Å²) in [6.45, 7) is 14.7. The Bertz CT molecular complexity index is 1160. The Morgan fingerprint density at radius 3 is 2.37 bits per heavy atom. The molecule has 2 N–H and O–H groups in total. The van der Waals surface area contributed by atoms with Crippen LogP contribution in [0.2, 0.25) is 0 Å². The SMILES string of the molecule is CCNC(=O)Nc1ccc(-c2nc(N3CCOC[C@@H]3C)cc(C(C)(C)S(=O)(=O)C(C)(C)C)n2)cc1. The second kappa shape index (κ2) is 10.1. The summed E-state index contributed by atoms with van der Waals surface area (Å²) in [4.78, 5) is 23.5. The minimum absolute atomic E-state index is 0.0883. The predicted molar refractivity (Wildman–Crippen MR) is 139 cm³/mol. The number of hydrogen-bond acceptors (Lipinski definition) is 7. The Balaban J connectivity index is 2.09. The summed E-state index contributed by atoms with van der Waals surface area (Å²) in [5.41, 5.74) is 1.79. The Morgan fingerprint density at radius 1 is 1.14 bits per heavy atom. The minimum atomic E-state index is -3.60. The van der Waals surface area contributed by atoms with Crippen LogP contribution >= 0.6 is 0 Å². The highest BCUT2D eigenvalue weighted by Gasteiger charge is 2.46. The molecule has 2 heterocycles. The third-order valence-corrected chi connectivity index (χ3v) is 9.37. The van der Waals surface area contributed by atoms with Gasteiger partial charge in [0.15, 0.2) is 15.7 Å². The van der Waals surface area contributed by atoms with Gasteiger partial charge in [-0.3, -0.25) is 0 Å². The quantitative estimate of drug-likeness (QED) is 0.613. The van der Waals surface area contributed by atoms with Crippen molar-refractivity contribution in [3.63, 3.8) is 0 Å². The van der Waals surface area contributed by atoms with Crippen molar-refractivity contribution in [1.82, 2.24) is 15.3 Å². The number of anilines is 2. The molecule has 3 rings (SSSR count).